The number of hydrogen-bond donors (Lipinski definition) is 3. The summed E-state index contributed by atoms with van der Waals surface area (Å²) in [6.45, 7) is 1.80. The molecular formula is C21H31N5O4S. The van der Waals surface area contributed by atoms with E-state index in [1.165, 1.54) is 17.0 Å². The van der Waals surface area contributed by atoms with Crippen LogP contribution in [-0.4, -0.2) is 68.1 Å². The molecule has 2 heterocycles. The number of carbonyl (C=O) groups is 2. The average Bonchev–Trinajstić information content (AvgIpc) is 2.90. The predicted molar refractivity (Wildman–Crippen MR) is 117 cm³/mol. The summed E-state index contributed by atoms with van der Waals surface area (Å²) in [5.74, 6) is -0.0700. The van der Waals surface area contributed by atoms with Gasteiger partial charge in [0.05, 0.1) is 11.4 Å². The number of hydrogen-bond acceptors (Lipinski definition) is 5. The molecule has 2 aliphatic rings. The molecule has 3 rings (SSSR count). The summed E-state index contributed by atoms with van der Waals surface area (Å²) < 4.78 is 27.8. The number of nitrogens with two attached hydrogens (primary N) is 1. The van der Waals surface area contributed by atoms with Crippen LogP contribution in [0.15, 0.2) is 35.2 Å². The van der Waals surface area contributed by atoms with E-state index in [0.29, 0.717) is 38.9 Å². The first-order chi connectivity index (χ1) is 14.8. The molecule has 0 saturated carbocycles. The highest BCUT2D eigenvalue weighted by Gasteiger charge is 2.32. The van der Waals surface area contributed by atoms with E-state index in [-0.39, 0.29) is 35.0 Å². The summed E-state index contributed by atoms with van der Waals surface area (Å²) in [7, 11) is -3.81. The molecule has 1 atom stereocenters. The van der Waals surface area contributed by atoms with Crippen molar-refractivity contribution < 1.29 is 18.0 Å². The third kappa shape index (κ3) is 6.27. The zero-order valence-electron chi connectivity index (χ0n) is 17.6. The maximum absolute atomic E-state index is 13.0. The Hall–Kier alpha value is -2.46. The first-order valence-corrected chi connectivity index (χ1v) is 12.2. The van der Waals surface area contributed by atoms with Gasteiger partial charge in [-0.3, -0.25) is 15.0 Å². The molecule has 2 aliphatic heterocycles. The standard InChI is InChI=1S/C21H31N5O4S/c22-21(23)25-12-9-16(10-13-25)14-17(27)15-26-11-5-4-8-19(20(26)28)24-31(29,30)18-6-2-1-3-7-18/h1-3,6-7,16,19,24H,4-5,8-15H2,(H3,22,23)/t19-/m0/s1. The second-order valence-electron chi connectivity index (χ2n) is 8.30. The number of Topliss-reactive ketones (excluding diaryl/α,β-unsaturated/α-hetero) is 1. The normalized spacial score (nSPS) is 21.0. The Morgan fingerprint density at radius 3 is 2.42 bits per heavy atom. The van der Waals surface area contributed by atoms with Crippen LogP contribution in [0.5, 0.6) is 0 Å². The van der Waals surface area contributed by atoms with E-state index in [9.17, 15) is 18.0 Å². The maximum Gasteiger partial charge on any atom is 0.241 e. The van der Waals surface area contributed by atoms with Gasteiger partial charge < -0.3 is 15.5 Å². The zero-order valence-corrected chi connectivity index (χ0v) is 18.4. The van der Waals surface area contributed by atoms with E-state index in [2.05, 4.69) is 4.72 Å². The molecule has 10 heteroatoms. The van der Waals surface area contributed by atoms with Gasteiger partial charge in [-0.2, -0.15) is 4.72 Å². The lowest BCUT2D eigenvalue weighted by molar-refractivity contribution is -0.136. The van der Waals surface area contributed by atoms with Gasteiger partial charge in [-0.25, -0.2) is 8.42 Å². The molecule has 1 aromatic rings. The molecule has 1 aromatic carbocycles. The largest absolute Gasteiger partial charge is 0.370 e. The lowest BCUT2D eigenvalue weighted by atomic mass is 9.91. The molecule has 0 radical (unpaired) electrons. The molecule has 0 spiro atoms. The van der Waals surface area contributed by atoms with Crippen LogP contribution in [0.25, 0.3) is 0 Å². The fourth-order valence-electron chi connectivity index (χ4n) is 4.20. The third-order valence-corrected chi connectivity index (χ3v) is 7.46. The topological polar surface area (TPSA) is 137 Å². The van der Waals surface area contributed by atoms with E-state index in [4.69, 9.17) is 11.1 Å². The molecule has 31 heavy (non-hydrogen) atoms. The number of piperidine rings is 1. The van der Waals surface area contributed by atoms with Gasteiger partial charge in [0.15, 0.2) is 11.7 Å². The summed E-state index contributed by atoms with van der Waals surface area (Å²) in [6, 6.07) is 7.11. The van der Waals surface area contributed by atoms with Crippen LogP contribution in [0.4, 0.5) is 0 Å². The highest BCUT2D eigenvalue weighted by Crippen LogP contribution is 2.21. The van der Waals surface area contributed by atoms with Crippen molar-refractivity contribution in [2.45, 2.75) is 49.5 Å². The van der Waals surface area contributed by atoms with Gasteiger partial charge in [0.1, 0.15) is 6.04 Å². The van der Waals surface area contributed by atoms with E-state index in [1.54, 1.807) is 23.1 Å². The number of amides is 1. The summed E-state index contributed by atoms with van der Waals surface area (Å²) >= 11 is 0. The highest BCUT2D eigenvalue weighted by molar-refractivity contribution is 7.89. The fourth-order valence-corrected chi connectivity index (χ4v) is 5.45. The molecule has 9 nitrogen and oxygen atoms in total. The van der Waals surface area contributed by atoms with E-state index in [0.717, 1.165) is 19.3 Å². The minimum absolute atomic E-state index is 0.00925. The molecule has 2 fully saturated rings. The molecule has 170 valence electrons. The van der Waals surface area contributed by atoms with E-state index >= 15 is 0 Å². The quantitative estimate of drug-likeness (QED) is 0.418. The van der Waals surface area contributed by atoms with Crippen molar-refractivity contribution in [1.82, 2.24) is 14.5 Å². The van der Waals surface area contributed by atoms with Gasteiger partial charge in [-0.15, -0.1) is 0 Å². The second kappa shape index (κ2) is 10.2. The minimum atomic E-state index is -3.81. The van der Waals surface area contributed by atoms with Crippen LogP contribution in [0.3, 0.4) is 0 Å². The highest BCUT2D eigenvalue weighted by atomic mass is 32.2. The predicted octanol–water partition coefficient (Wildman–Crippen LogP) is 0.911. The Morgan fingerprint density at radius 1 is 1.10 bits per heavy atom. The molecule has 1 amide bonds. The Balaban J connectivity index is 1.57. The Labute approximate surface area is 183 Å². The first kappa shape index (κ1) is 23.2. The van der Waals surface area contributed by atoms with Crippen LogP contribution in [0.1, 0.15) is 38.5 Å². The van der Waals surface area contributed by atoms with Crippen molar-refractivity contribution in [3.05, 3.63) is 30.3 Å². The van der Waals surface area contributed by atoms with Crippen molar-refractivity contribution in [3.8, 4) is 0 Å². The van der Waals surface area contributed by atoms with Crippen LogP contribution >= 0.6 is 0 Å². The molecule has 2 saturated heterocycles. The van der Waals surface area contributed by atoms with Gasteiger partial charge in [0, 0.05) is 26.1 Å². The van der Waals surface area contributed by atoms with Crippen LogP contribution in [0.2, 0.25) is 0 Å². The molecule has 4 N–H and O–H groups in total. The molecular weight excluding hydrogens is 418 g/mol. The monoisotopic (exact) mass is 449 g/mol. The molecule has 0 aliphatic carbocycles. The third-order valence-electron chi connectivity index (χ3n) is 5.97. The lowest BCUT2D eigenvalue weighted by Gasteiger charge is -2.32. The van der Waals surface area contributed by atoms with Crippen molar-refractivity contribution in [2.24, 2.45) is 11.7 Å². The Morgan fingerprint density at radius 2 is 1.77 bits per heavy atom. The van der Waals surface area contributed by atoms with E-state index in [1.807, 2.05) is 0 Å². The maximum atomic E-state index is 13.0. The smallest absolute Gasteiger partial charge is 0.241 e. The molecule has 0 unspecified atom stereocenters. The SMILES string of the molecule is N=C(N)N1CCC(CC(=O)CN2CCCC[C@H](NS(=O)(=O)c3ccccc3)C2=O)CC1. The number of nitrogens with one attached hydrogen (secondary N) is 2. The van der Waals surface area contributed by atoms with Crippen LogP contribution in [-0.2, 0) is 19.6 Å². The lowest BCUT2D eigenvalue weighted by Crippen LogP contribution is -2.49. The summed E-state index contributed by atoms with van der Waals surface area (Å²) in [5, 5.41) is 7.49. The van der Waals surface area contributed by atoms with Crippen molar-refractivity contribution >= 4 is 27.7 Å². The number of guanidine groups is 1. The fraction of sp³-hybridized carbons (Fsp3) is 0.571. The average molecular weight is 450 g/mol. The minimum Gasteiger partial charge on any atom is -0.370 e. The van der Waals surface area contributed by atoms with E-state index < -0.39 is 16.1 Å². The zero-order chi connectivity index (χ0) is 22.4. The van der Waals surface area contributed by atoms with Crippen LogP contribution < -0.4 is 10.5 Å². The number of likely N-dealkylation sites (tertiary alicyclic amines) is 2. The van der Waals surface area contributed by atoms with Crippen LogP contribution in [0, 0.1) is 11.3 Å². The number of nitrogens with zero attached hydrogens (tertiary/aromatic N) is 2. The van der Waals surface area contributed by atoms with Crippen molar-refractivity contribution in [3.63, 3.8) is 0 Å². The van der Waals surface area contributed by atoms with Gasteiger partial charge in [0.2, 0.25) is 15.9 Å². The summed E-state index contributed by atoms with van der Waals surface area (Å²) in [4.78, 5) is 29.1. The molecule has 0 aromatic heterocycles. The summed E-state index contributed by atoms with van der Waals surface area (Å²) in [6.07, 6.45) is 3.83. The van der Waals surface area contributed by atoms with Gasteiger partial charge >= 0.3 is 0 Å². The molecule has 0 bridgehead atoms. The number of ketones is 1. The number of carbonyl (C=O) groups excluding carboxylic acids is 2. The van der Waals surface area contributed by atoms with Crippen molar-refractivity contribution in [1.29, 1.82) is 5.41 Å². The Kier molecular flexibility index (Phi) is 7.66. The number of sulfonamides is 1. The van der Waals surface area contributed by atoms with Gasteiger partial charge in [-0.05, 0) is 50.2 Å². The second-order valence-corrected chi connectivity index (χ2v) is 10.0. The number of rotatable bonds is 7. The Bertz CT molecular complexity index is 898. The summed E-state index contributed by atoms with van der Waals surface area (Å²) in [5.41, 5.74) is 5.51. The van der Waals surface area contributed by atoms with Gasteiger partial charge in [-0.1, -0.05) is 18.2 Å². The van der Waals surface area contributed by atoms with Crippen molar-refractivity contribution in [2.75, 3.05) is 26.2 Å². The number of benzene rings is 1. The van der Waals surface area contributed by atoms with Gasteiger partial charge in [0.25, 0.3) is 0 Å². The first-order valence-electron chi connectivity index (χ1n) is 10.7.